The second-order valence-corrected chi connectivity index (χ2v) is 6.87. The van der Waals surface area contributed by atoms with Gasteiger partial charge in [0.2, 0.25) is 0 Å². The van der Waals surface area contributed by atoms with Crippen molar-refractivity contribution >= 4 is 18.0 Å². The maximum atomic E-state index is 12.5. The first-order valence-electron chi connectivity index (χ1n) is 8.15. The predicted octanol–water partition coefficient (Wildman–Crippen LogP) is 3.22. The summed E-state index contributed by atoms with van der Waals surface area (Å²) in [5.74, 6) is -0.530. The number of Topliss-reactive ketones (excluding diaryl/α,β-unsaturated/α-hetero) is 1. The third-order valence-electron chi connectivity index (χ3n) is 4.93. The average Bonchev–Trinajstić information content (AvgIpc) is 2.98. The number of esters is 1. The molecule has 2 aliphatic rings. The monoisotopic (exact) mass is 331 g/mol. The lowest BCUT2D eigenvalue weighted by atomic mass is 10.1. The summed E-state index contributed by atoms with van der Waals surface area (Å²) in [5.41, 5.74) is 1.34. The van der Waals surface area contributed by atoms with E-state index in [0.717, 1.165) is 5.57 Å². The van der Waals surface area contributed by atoms with Crippen molar-refractivity contribution in [3.8, 4) is 0 Å². The van der Waals surface area contributed by atoms with Crippen molar-refractivity contribution < 1.29 is 19.2 Å². The maximum Gasteiger partial charge on any atom is 0.310 e. The van der Waals surface area contributed by atoms with Crippen LogP contribution in [0.3, 0.4) is 0 Å². The number of rotatable bonds is 8. The molecule has 0 heterocycles. The van der Waals surface area contributed by atoms with Gasteiger partial charge in [-0.25, -0.2) is 0 Å². The van der Waals surface area contributed by atoms with Crippen molar-refractivity contribution in [2.24, 2.45) is 22.4 Å². The van der Waals surface area contributed by atoms with E-state index in [0.29, 0.717) is 18.6 Å². The molecule has 0 aromatic heterocycles. The normalized spacial score (nSPS) is 28.1. The standard InChI is InChI=1S/C19H25NO4/c1-6-8-13-12(3)16(10-15(13)21)24-18(22)17-14(19(17,4)5)11-20-23-9-7-2/h6-7,11,14,16-17H,1-2,8-10H2,3-5H3/b20-11+/t14-,16+,17+/m1/s1. The number of carbonyl (C=O) groups is 2. The third kappa shape index (κ3) is 3.50. The smallest absolute Gasteiger partial charge is 0.310 e. The molecule has 0 bridgehead atoms. The highest BCUT2D eigenvalue weighted by Crippen LogP contribution is 2.58. The van der Waals surface area contributed by atoms with E-state index in [9.17, 15) is 9.59 Å². The first-order chi connectivity index (χ1) is 11.3. The number of hydrogen-bond acceptors (Lipinski definition) is 5. The molecule has 1 saturated carbocycles. The van der Waals surface area contributed by atoms with Crippen molar-refractivity contribution in [3.63, 3.8) is 0 Å². The molecule has 130 valence electrons. The zero-order chi connectivity index (χ0) is 17.9. The summed E-state index contributed by atoms with van der Waals surface area (Å²) in [5, 5.41) is 3.87. The number of allylic oxidation sites excluding steroid dienone is 2. The Hall–Kier alpha value is -2.17. The topological polar surface area (TPSA) is 65.0 Å². The Morgan fingerprint density at radius 3 is 2.71 bits per heavy atom. The minimum Gasteiger partial charge on any atom is -0.457 e. The quantitative estimate of drug-likeness (QED) is 0.225. The first-order valence-corrected chi connectivity index (χ1v) is 8.15. The van der Waals surface area contributed by atoms with Gasteiger partial charge in [0.15, 0.2) is 5.78 Å². The number of nitrogens with zero attached hydrogens (tertiary/aromatic N) is 1. The van der Waals surface area contributed by atoms with Crippen LogP contribution in [0.25, 0.3) is 0 Å². The van der Waals surface area contributed by atoms with Gasteiger partial charge in [0, 0.05) is 17.7 Å². The van der Waals surface area contributed by atoms with Crippen LogP contribution in [0.4, 0.5) is 0 Å². The summed E-state index contributed by atoms with van der Waals surface area (Å²) in [4.78, 5) is 29.5. The number of ketones is 1. The van der Waals surface area contributed by atoms with Crippen LogP contribution in [0.2, 0.25) is 0 Å². The minimum absolute atomic E-state index is 0.0242. The summed E-state index contributed by atoms with van der Waals surface area (Å²) in [6.45, 7) is 13.4. The Balaban J connectivity index is 1.98. The Bertz CT molecular complexity index is 615. The van der Waals surface area contributed by atoms with E-state index in [2.05, 4.69) is 18.3 Å². The summed E-state index contributed by atoms with van der Waals surface area (Å²) in [6.07, 6.45) is 5.25. The highest BCUT2D eigenvalue weighted by atomic mass is 16.6. The fraction of sp³-hybridized carbons (Fsp3) is 0.526. The molecule has 0 N–H and O–H groups in total. The Labute approximate surface area is 143 Å². The van der Waals surface area contributed by atoms with E-state index in [1.54, 1.807) is 18.4 Å². The highest BCUT2D eigenvalue weighted by molar-refractivity contribution is 6.00. The van der Waals surface area contributed by atoms with Crippen LogP contribution in [0.1, 0.15) is 33.6 Å². The van der Waals surface area contributed by atoms with Crippen LogP contribution in [0, 0.1) is 17.3 Å². The van der Waals surface area contributed by atoms with Gasteiger partial charge in [-0.3, -0.25) is 9.59 Å². The zero-order valence-corrected chi connectivity index (χ0v) is 14.6. The van der Waals surface area contributed by atoms with Crippen LogP contribution < -0.4 is 0 Å². The molecule has 0 amide bonds. The maximum absolute atomic E-state index is 12.5. The number of carbonyl (C=O) groups excluding carboxylic acids is 2. The zero-order valence-electron chi connectivity index (χ0n) is 14.6. The lowest BCUT2D eigenvalue weighted by Crippen LogP contribution is -2.20. The molecular formula is C19H25NO4. The molecule has 0 spiro atoms. The van der Waals surface area contributed by atoms with E-state index in [1.807, 2.05) is 20.8 Å². The summed E-state index contributed by atoms with van der Waals surface area (Å²) in [6, 6.07) is 0. The van der Waals surface area contributed by atoms with Gasteiger partial charge in [-0.1, -0.05) is 37.7 Å². The first kappa shape index (κ1) is 18.2. The molecular weight excluding hydrogens is 306 g/mol. The molecule has 0 radical (unpaired) electrons. The van der Waals surface area contributed by atoms with Crippen molar-refractivity contribution in [1.82, 2.24) is 0 Å². The lowest BCUT2D eigenvalue weighted by molar-refractivity contribution is -0.150. The van der Waals surface area contributed by atoms with Gasteiger partial charge in [-0.2, -0.15) is 0 Å². The molecule has 24 heavy (non-hydrogen) atoms. The number of ether oxygens (including phenoxy) is 1. The predicted molar refractivity (Wildman–Crippen MR) is 92.4 cm³/mol. The highest BCUT2D eigenvalue weighted by Gasteiger charge is 2.62. The number of oxime groups is 1. The third-order valence-corrected chi connectivity index (χ3v) is 4.93. The van der Waals surface area contributed by atoms with Gasteiger partial charge in [0.1, 0.15) is 12.7 Å². The molecule has 3 atom stereocenters. The Kier molecular flexibility index (Phi) is 5.42. The van der Waals surface area contributed by atoms with E-state index in [-0.39, 0.29) is 35.4 Å². The molecule has 5 heteroatoms. The minimum atomic E-state index is -0.453. The fourth-order valence-electron chi connectivity index (χ4n) is 3.23. The van der Waals surface area contributed by atoms with Gasteiger partial charge in [-0.05, 0) is 24.3 Å². The molecule has 0 aromatic rings. The second kappa shape index (κ2) is 7.16. The van der Waals surface area contributed by atoms with Crippen LogP contribution in [0.15, 0.2) is 41.6 Å². The molecule has 0 aromatic carbocycles. The van der Waals surface area contributed by atoms with E-state index >= 15 is 0 Å². The molecule has 2 aliphatic carbocycles. The molecule has 2 rings (SSSR count). The van der Waals surface area contributed by atoms with Crippen LogP contribution in [-0.2, 0) is 19.2 Å². The average molecular weight is 331 g/mol. The van der Waals surface area contributed by atoms with Gasteiger partial charge in [-0.15, -0.1) is 6.58 Å². The SMILES string of the molecule is C=CCO/N=C/[C@@H]1[C@@H](C(=O)O[C@H]2CC(=O)C(CC=C)=C2C)C1(C)C. The van der Waals surface area contributed by atoms with Gasteiger partial charge in [0.05, 0.1) is 12.3 Å². The fourth-order valence-corrected chi connectivity index (χ4v) is 3.23. The van der Waals surface area contributed by atoms with Crippen molar-refractivity contribution in [3.05, 3.63) is 36.5 Å². The van der Waals surface area contributed by atoms with Gasteiger partial charge >= 0.3 is 5.97 Å². The Morgan fingerprint density at radius 2 is 2.08 bits per heavy atom. The van der Waals surface area contributed by atoms with E-state index in [1.165, 1.54) is 0 Å². The summed E-state index contributed by atoms with van der Waals surface area (Å²) >= 11 is 0. The second-order valence-electron chi connectivity index (χ2n) is 6.87. The van der Waals surface area contributed by atoms with Crippen LogP contribution in [-0.4, -0.2) is 30.7 Å². The number of hydrogen-bond donors (Lipinski definition) is 0. The Morgan fingerprint density at radius 1 is 1.38 bits per heavy atom. The van der Waals surface area contributed by atoms with Crippen molar-refractivity contribution in [1.29, 1.82) is 0 Å². The van der Waals surface area contributed by atoms with Crippen molar-refractivity contribution in [2.45, 2.75) is 39.7 Å². The van der Waals surface area contributed by atoms with E-state index in [4.69, 9.17) is 9.57 Å². The largest absolute Gasteiger partial charge is 0.457 e. The van der Waals surface area contributed by atoms with Crippen LogP contribution in [0.5, 0.6) is 0 Å². The molecule has 1 fully saturated rings. The summed E-state index contributed by atoms with van der Waals surface area (Å²) in [7, 11) is 0. The van der Waals surface area contributed by atoms with Crippen molar-refractivity contribution in [2.75, 3.05) is 6.61 Å². The van der Waals surface area contributed by atoms with Crippen LogP contribution >= 0.6 is 0 Å². The lowest BCUT2D eigenvalue weighted by Gasteiger charge is -2.13. The van der Waals surface area contributed by atoms with Gasteiger partial charge < -0.3 is 9.57 Å². The molecule has 0 aliphatic heterocycles. The molecule has 0 unspecified atom stereocenters. The van der Waals surface area contributed by atoms with E-state index < -0.39 is 6.10 Å². The molecule has 5 nitrogen and oxygen atoms in total. The van der Waals surface area contributed by atoms with Gasteiger partial charge in [0.25, 0.3) is 0 Å². The molecule has 0 saturated heterocycles. The summed E-state index contributed by atoms with van der Waals surface area (Å²) < 4.78 is 5.62.